The lowest BCUT2D eigenvalue weighted by Crippen LogP contribution is -1.95. The highest BCUT2D eigenvalue weighted by molar-refractivity contribution is 5.91. The summed E-state index contributed by atoms with van der Waals surface area (Å²) in [6.07, 6.45) is 2.63. The molecule has 0 unspecified atom stereocenters. The number of fused-ring (bicyclic) bond motifs is 1. The maximum absolute atomic E-state index is 5.96. The Morgan fingerprint density at radius 1 is 1.00 bits per heavy atom. The van der Waals surface area contributed by atoms with Crippen LogP contribution >= 0.6 is 0 Å². The van der Waals surface area contributed by atoms with Crippen molar-refractivity contribution in [2.75, 3.05) is 11.1 Å². The number of pyridine rings is 1. The van der Waals surface area contributed by atoms with E-state index in [4.69, 9.17) is 5.73 Å². The Kier molecular flexibility index (Phi) is 2.78. The van der Waals surface area contributed by atoms with Crippen molar-refractivity contribution in [1.82, 2.24) is 4.98 Å². The van der Waals surface area contributed by atoms with E-state index in [2.05, 4.69) is 34.6 Å². The predicted octanol–water partition coefficient (Wildman–Crippen LogP) is 4.44. The number of hydrogen-bond donors (Lipinski definition) is 2. The van der Waals surface area contributed by atoms with E-state index in [0.717, 1.165) is 34.0 Å². The quantitative estimate of drug-likeness (QED) is 0.695. The summed E-state index contributed by atoms with van der Waals surface area (Å²) in [6.45, 7) is 0. The highest BCUT2D eigenvalue weighted by Gasteiger charge is 2.23. The molecule has 21 heavy (non-hydrogen) atoms. The highest BCUT2D eigenvalue weighted by Crippen LogP contribution is 2.40. The summed E-state index contributed by atoms with van der Waals surface area (Å²) < 4.78 is 0. The summed E-state index contributed by atoms with van der Waals surface area (Å²) in [6, 6.07) is 18.4. The van der Waals surface area contributed by atoms with Crippen molar-refractivity contribution in [3.63, 3.8) is 0 Å². The Morgan fingerprint density at radius 2 is 1.86 bits per heavy atom. The molecular weight excluding hydrogens is 258 g/mol. The molecule has 1 aliphatic carbocycles. The monoisotopic (exact) mass is 275 g/mol. The van der Waals surface area contributed by atoms with Crippen LogP contribution in [0.3, 0.4) is 0 Å². The topological polar surface area (TPSA) is 50.9 Å². The van der Waals surface area contributed by atoms with Crippen molar-refractivity contribution in [2.24, 2.45) is 0 Å². The number of anilines is 3. The van der Waals surface area contributed by atoms with Gasteiger partial charge in [-0.15, -0.1) is 0 Å². The average molecular weight is 275 g/mol. The summed E-state index contributed by atoms with van der Waals surface area (Å²) >= 11 is 0. The van der Waals surface area contributed by atoms with Crippen LogP contribution in [0.5, 0.6) is 0 Å². The van der Waals surface area contributed by atoms with Crippen LogP contribution in [0.4, 0.5) is 17.2 Å². The van der Waals surface area contributed by atoms with Crippen LogP contribution < -0.4 is 11.1 Å². The number of nitrogens with one attached hydrogen (secondary N) is 1. The Labute approximate surface area is 123 Å². The zero-order valence-corrected chi connectivity index (χ0v) is 11.7. The Morgan fingerprint density at radius 3 is 2.71 bits per heavy atom. The molecule has 0 atom stereocenters. The van der Waals surface area contributed by atoms with Crippen LogP contribution in [0.15, 0.2) is 54.6 Å². The molecule has 1 fully saturated rings. The molecule has 3 aromatic rings. The number of nitrogens with two attached hydrogens (primary N) is 1. The standard InChI is InChI=1S/C18H17N3/c19-16-5-2-6-17-15(16)9-10-18(21-17)20-14-4-1-3-13(11-14)12-7-8-12/h1-6,9-12H,7-8,19H2,(H,20,21). The van der Waals surface area contributed by atoms with Crippen molar-refractivity contribution < 1.29 is 0 Å². The number of nitrogens with zero attached hydrogens (tertiary/aromatic N) is 1. The summed E-state index contributed by atoms with van der Waals surface area (Å²) in [5.74, 6) is 1.61. The first-order valence-corrected chi connectivity index (χ1v) is 7.32. The fourth-order valence-corrected chi connectivity index (χ4v) is 2.68. The van der Waals surface area contributed by atoms with Crippen molar-refractivity contribution in [3.8, 4) is 0 Å². The van der Waals surface area contributed by atoms with Crippen molar-refractivity contribution in [1.29, 1.82) is 0 Å². The van der Waals surface area contributed by atoms with Gasteiger partial charge in [0, 0.05) is 16.8 Å². The van der Waals surface area contributed by atoms with Gasteiger partial charge in [-0.25, -0.2) is 4.98 Å². The third-order valence-electron chi connectivity index (χ3n) is 3.97. The zero-order valence-electron chi connectivity index (χ0n) is 11.7. The number of benzene rings is 2. The lowest BCUT2D eigenvalue weighted by Gasteiger charge is -2.09. The van der Waals surface area contributed by atoms with Gasteiger partial charge in [0.2, 0.25) is 0 Å². The predicted molar refractivity (Wildman–Crippen MR) is 87.9 cm³/mol. The second kappa shape index (κ2) is 4.77. The van der Waals surface area contributed by atoms with Gasteiger partial charge in [0.25, 0.3) is 0 Å². The minimum Gasteiger partial charge on any atom is -0.398 e. The van der Waals surface area contributed by atoms with E-state index in [-0.39, 0.29) is 0 Å². The first-order valence-electron chi connectivity index (χ1n) is 7.32. The van der Waals surface area contributed by atoms with Crippen LogP contribution in [0, 0.1) is 0 Å². The van der Waals surface area contributed by atoms with E-state index < -0.39 is 0 Å². The summed E-state index contributed by atoms with van der Waals surface area (Å²) in [7, 11) is 0. The third-order valence-corrected chi connectivity index (χ3v) is 3.97. The summed E-state index contributed by atoms with van der Waals surface area (Å²) in [5.41, 5.74) is 10.2. The molecular formula is C18H17N3. The van der Waals surface area contributed by atoms with E-state index in [1.165, 1.54) is 18.4 Å². The van der Waals surface area contributed by atoms with Crippen LogP contribution in [0.2, 0.25) is 0 Å². The Bertz CT molecular complexity index is 806. The lowest BCUT2D eigenvalue weighted by atomic mass is 10.1. The van der Waals surface area contributed by atoms with E-state index >= 15 is 0 Å². The zero-order chi connectivity index (χ0) is 14.2. The second-order valence-corrected chi connectivity index (χ2v) is 5.64. The van der Waals surface area contributed by atoms with Crippen molar-refractivity contribution in [3.05, 3.63) is 60.2 Å². The largest absolute Gasteiger partial charge is 0.398 e. The van der Waals surface area contributed by atoms with Gasteiger partial charge in [0.05, 0.1) is 5.52 Å². The van der Waals surface area contributed by atoms with Crippen LogP contribution in [-0.4, -0.2) is 4.98 Å². The molecule has 3 N–H and O–H groups in total. The SMILES string of the molecule is Nc1cccc2nc(Nc3cccc(C4CC4)c3)ccc12. The van der Waals surface area contributed by atoms with Gasteiger partial charge in [0.15, 0.2) is 0 Å². The fourth-order valence-electron chi connectivity index (χ4n) is 2.68. The van der Waals surface area contributed by atoms with Gasteiger partial charge in [0.1, 0.15) is 5.82 Å². The Hall–Kier alpha value is -2.55. The van der Waals surface area contributed by atoms with Gasteiger partial charge < -0.3 is 11.1 Å². The molecule has 0 bridgehead atoms. The average Bonchev–Trinajstić information content (AvgIpc) is 3.32. The van der Waals surface area contributed by atoms with Crippen LogP contribution in [0.1, 0.15) is 24.3 Å². The summed E-state index contributed by atoms with van der Waals surface area (Å²) in [4.78, 5) is 4.63. The number of hydrogen-bond acceptors (Lipinski definition) is 3. The number of nitrogen functional groups attached to an aromatic ring is 1. The van der Waals surface area contributed by atoms with Gasteiger partial charge >= 0.3 is 0 Å². The molecule has 0 radical (unpaired) electrons. The molecule has 3 heteroatoms. The molecule has 0 aliphatic heterocycles. The molecule has 4 rings (SSSR count). The van der Waals surface area contributed by atoms with Crippen LogP contribution in [0.25, 0.3) is 10.9 Å². The van der Waals surface area contributed by atoms with Crippen molar-refractivity contribution in [2.45, 2.75) is 18.8 Å². The summed E-state index contributed by atoms with van der Waals surface area (Å²) in [5, 5.41) is 4.38. The molecule has 1 heterocycles. The van der Waals surface area contributed by atoms with Gasteiger partial charge in [-0.2, -0.15) is 0 Å². The molecule has 0 spiro atoms. The third kappa shape index (κ3) is 2.42. The van der Waals surface area contributed by atoms with E-state index in [9.17, 15) is 0 Å². The molecule has 1 saturated carbocycles. The fraction of sp³-hybridized carbons (Fsp3) is 0.167. The minimum atomic E-state index is 0.760. The van der Waals surface area contributed by atoms with E-state index in [1.54, 1.807) is 0 Å². The van der Waals surface area contributed by atoms with Gasteiger partial charge in [-0.3, -0.25) is 0 Å². The molecule has 0 saturated heterocycles. The first kappa shape index (κ1) is 12.2. The van der Waals surface area contributed by atoms with Crippen LogP contribution in [-0.2, 0) is 0 Å². The highest BCUT2D eigenvalue weighted by atomic mass is 15.0. The molecule has 1 aliphatic rings. The second-order valence-electron chi connectivity index (χ2n) is 5.64. The smallest absolute Gasteiger partial charge is 0.131 e. The Balaban J connectivity index is 1.66. The molecule has 0 amide bonds. The molecule has 3 nitrogen and oxygen atoms in total. The number of rotatable bonds is 3. The number of aromatic nitrogens is 1. The first-order chi connectivity index (χ1) is 10.3. The normalized spacial score (nSPS) is 14.3. The molecule has 1 aromatic heterocycles. The minimum absolute atomic E-state index is 0.760. The maximum atomic E-state index is 5.96. The van der Waals surface area contributed by atoms with E-state index in [1.807, 2.05) is 30.3 Å². The van der Waals surface area contributed by atoms with Crippen molar-refractivity contribution >= 4 is 28.1 Å². The molecule has 104 valence electrons. The van der Waals surface area contributed by atoms with Gasteiger partial charge in [-0.05, 0) is 60.7 Å². The lowest BCUT2D eigenvalue weighted by molar-refractivity contribution is 1.13. The van der Waals surface area contributed by atoms with Gasteiger partial charge in [-0.1, -0.05) is 18.2 Å². The molecule has 2 aromatic carbocycles. The van der Waals surface area contributed by atoms with E-state index in [0.29, 0.717) is 0 Å². The maximum Gasteiger partial charge on any atom is 0.131 e.